The lowest BCUT2D eigenvalue weighted by Crippen LogP contribution is -2.30. The number of amides is 1. The van der Waals surface area contributed by atoms with Gasteiger partial charge in [-0.15, -0.1) is 0 Å². The molecule has 0 N–H and O–H groups in total. The van der Waals surface area contributed by atoms with Crippen LogP contribution in [0.4, 0.5) is 0 Å². The molecule has 1 atom stereocenters. The molecule has 0 saturated carbocycles. The first-order chi connectivity index (χ1) is 10.1. The van der Waals surface area contributed by atoms with Gasteiger partial charge >= 0.3 is 0 Å². The lowest BCUT2D eigenvalue weighted by molar-refractivity contribution is -0.126. The molecule has 3 rings (SSSR count). The Labute approximate surface area is 131 Å². The average molecular weight is 347 g/mol. The Hall–Kier alpha value is -1.87. The third-order valence-corrected chi connectivity index (χ3v) is 4.32. The summed E-state index contributed by atoms with van der Waals surface area (Å²) in [6.45, 7) is 4.36. The van der Waals surface area contributed by atoms with Crippen LogP contribution >= 0.6 is 15.9 Å². The van der Waals surface area contributed by atoms with Gasteiger partial charge in [0.25, 0.3) is 5.91 Å². The van der Waals surface area contributed by atoms with Gasteiger partial charge in [0.15, 0.2) is 0 Å². The molecule has 5 nitrogen and oxygen atoms in total. The number of nitrogens with zero attached hydrogens (tertiary/aromatic N) is 4. The van der Waals surface area contributed by atoms with Crippen molar-refractivity contribution >= 4 is 27.4 Å². The van der Waals surface area contributed by atoms with Crippen LogP contribution in [-0.4, -0.2) is 31.7 Å². The minimum atomic E-state index is -0.126. The number of hydrogen-bond acceptors (Lipinski definition) is 3. The van der Waals surface area contributed by atoms with E-state index in [1.165, 1.54) is 0 Å². The van der Waals surface area contributed by atoms with Crippen LogP contribution < -0.4 is 0 Å². The largest absolute Gasteiger partial charge is 0.322 e. The van der Waals surface area contributed by atoms with Crippen molar-refractivity contribution in [1.82, 2.24) is 19.3 Å². The topological polar surface area (TPSA) is 50.5 Å². The van der Waals surface area contributed by atoms with Gasteiger partial charge in [-0.05, 0) is 48.5 Å². The molecular weight excluding hydrogens is 332 g/mol. The van der Waals surface area contributed by atoms with E-state index in [0.29, 0.717) is 0 Å². The van der Waals surface area contributed by atoms with E-state index < -0.39 is 0 Å². The highest BCUT2D eigenvalue weighted by Crippen LogP contribution is 2.34. The molecule has 1 aliphatic heterocycles. The van der Waals surface area contributed by atoms with E-state index in [9.17, 15) is 4.79 Å². The molecule has 21 heavy (non-hydrogen) atoms. The van der Waals surface area contributed by atoms with Gasteiger partial charge in [-0.25, -0.2) is 4.98 Å². The lowest BCUT2D eigenvalue weighted by Gasteiger charge is -2.21. The second kappa shape index (κ2) is 5.49. The summed E-state index contributed by atoms with van der Waals surface area (Å²) in [5.41, 5.74) is 1.86. The van der Waals surface area contributed by atoms with Crippen molar-refractivity contribution in [3.8, 4) is 11.8 Å². The molecule has 6 heteroatoms. The Kier molecular flexibility index (Phi) is 3.68. The first kappa shape index (κ1) is 14.1. The van der Waals surface area contributed by atoms with Crippen molar-refractivity contribution in [2.75, 3.05) is 6.54 Å². The monoisotopic (exact) mass is 346 g/mol. The van der Waals surface area contributed by atoms with Crippen LogP contribution in [0.1, 0.15) is 37.3 Å². The van der Waals surface area contributed by atoms with Gasteiger partial charge in [0, 0.05) is 18.9 Å². The van der Waals surface area contributed by atoms with Crippen molar-refractivity contribution in [3.63, 3.8) is 0 Å². The smallest absolute Gasteiger partial charge is 0.299 e. The molecular formula is C15H15BrN4O. The van der Waals surface area contributed by atoms with E-state index in [1.54, 1.807) is 13.1 Å². The molecule has 0 aliphatic carbocycles. The number of likely N-dealkylation sites (tertiary alicyclic amines) is 1. The highest BCUT2D eigenvalue weighted by molar-refractivity contribution is 9.10. The van der Waals surface area contributed by atoms with E-state index in [-0.39, 0.29) is 11.9 Å². The fraction of sp³-hybridized carbons (Fsp3) is 0.400. The summed E-state index contributed by atoms with van der Waals surface area (Å²) < 4.78 is 2.78. The molecule has 1 saturated heterocycles. The minimum Gasteiger partial charge on any atom is -0.322 e. The zero-order valence-corrected chi connectivity index (χ0v) is 13.5. The van der Waals surface area contributed by atoms with Crippen molar-refractivity contribution < 1.29 is 4.79 Å². The summed E-state index contributed by atoms with van der Waals surface area (Å²) in [4.78, 5) is 22.9. The maximum absolute atomic E-state index is 12.1. The summed E-state index contributed by atoms with van der Waals surface area (Å²) in [7, 11) is 0. The van der Waals surface area contributed by atoms with Crippen LogP contribution in [0.3, 0.4) is 0 Å². The number of fused-ring (bicyclic) bond motifs is 1. The Morgan fingerprint density at radius 3 is 3.10 bits per heavy atom. The molecule has 0 aromatic carbocycles. The maximum atomic E-state index is 12.1. The maximum Gasteiger partial charge on any atom is 0.299 e. The Morgan fingerprint density at radius 1 is 1.52 bits per heavy atom. The van der Waals surface area contributed by atoms with Crippen LogP contribution in [-0.2, 0) is 4.79 Å². The van der Waals surface area contributed by atoms with E-state index in [2.05, 4.69) is 37.7 Å². The lowest BCUT2D eigenvalue weighted by atomic mass is 10.2. The number of carbonyl (C=O) groups is 1. The molecule has 3 heterocycles. The van der Waals surface area contributed by atoms with Crippen molar-refractivity contribution in [1.29, 1.82) is 0 Å². The zero-order valence-electron chi connectivity index (χ0n) is 11.9. The van der Waals surface area contributed by atoms with E-state index in [4.69, 9.17) is 0 Å². The molecule has 1 aliphatic rings. The molecule has 2 aromatic heterocycles. The molecule has 1 amide bonds. The van der Waals surface area contributed by atoms with Crippen LogP contribution in [0.2, 0.25) is 0 Å². The van der Waals surface area contributed by atoms with Gasteiger partial charge in [0.05, 0.1) is 11.7 Å². The fourth-order valence-corrected chi connectivity index (χ4v) is 3.52. The summed E-state index contributed by atoms with van der Waals surface area (Å²) in [6, 6.07) is -0.0288. The van der Waals surface area contributed by atoms with Crippen molar-refractivity contribution in [2.24, 2.45) is 0 Å². The van der Waals surface area contributed by atoms with Gasteiger partial charge in [0.2, 0.25) is 0 Å². The van der Waals surface area contributed by atoms with Gasteiger partial charge < -0.3 is 4.90 Å². The molecule has 108 valence electrons. The molecule has 0 unspecified atom stereocenters. The predicted molar refractivity (Wildman–Crippen MR) is 82.6 cm³/mol. The fourth-order valence-electron chi connectivity index (χ4n) is 2.86. The van der Waals surface area contributed by atoms with Crippen LogP contribution in [0.15, 0.2) is 17.0 Å². The SMILES string of the molecule is CC#CC(=O)N1CCC[C@H]1c1nc(Br)c2c(C)nccn12. The zero-order chi connectivity index (χ0) is 15.0. The summed E-state index contributed by atoms with van der Waals surface area (Å²) in [5.74, 6) is 6.05. The number of hydrogen-bond donors (Lipinski definition) is 0. The molecule has 0 spiro atoms. The van der Waals surface area contributed by atoms with Gasteiger partial charge in [-0.3, -0.25) is 14.2 Å². The second-order valence-electron chi connectivity index (χ2n) is 5.02. The van der Waals surface area contributed by atoms with Gasteiger partial charge in [-0.1, -0.05) is 5.92 Å². The molecule has 1 fully saturated rings. The molecule has 0 bridgehead atoms. The summed E-state index contributed by atoms with van der Waals surface area (Å²) in [5, 5.41) is 0. The van der Waals surface area contributed by atoms with Crippen LogP contribution in [0, 0.1) is 18.8 Å². The Balaban J connectivity index is 2.09. The quantitative estimate of drug-likeness (QED) is 0.745. The highest BCUT2D eigenvalue weighted by Gasteiger charge is 2.33. The number of carbonyl (C=O) groups excluding carboxylic acids is 1. The van der Waals surface area contributed by atoms with Crippen molar-refractivity contribution in [2.45, 2.75) is 32.7 Å². The number of halogens is 1. The molecule has 0 radical (unpaired) electrons. The van der Waals surface area contributed by atoms with Crippen molar-refractivity contribution in [3.05, 3.63) is 28.5 Å². The third kappa shape index (κ3) is 2.32. The van der Waals surface area contributed by atoms with Crippen LogP contribution in [0.5, 0.6) is 0 Å². The number of aryl methyl sites for hydroxylation is 1. The van der Waals surface area contributed by atoms with Gasteiger partial charge in [0.1, 0.15) is 15.9 Å². The van der Waals surface area contributed by atoms with E-state index in [1.807, 2.05) is 22.4 Å². The number of aromatic nitrogens is 3. The number of imidazole rings is 1. The molecule has 2 aromatic rings. The highest BCUT2D eigenvalue weighted by atomic mass is 79.9. The summed E-state index contributed by atoms with van der Waals surface area (Å²) in [6.07, 6.45) is 5.53. The summed E-state index contributed by atoms with van der Waals surface area (Å²) >= 11 is 3.50. The minimum absolute atomic E-state index is 0.0288. The third-order valence-electron chi connectivity index (χ3n) is 3.77. The van der Waals surface area contributed by atoms with E-state index in [0.717, 1.165) is 41.0 Å². The second-order valence-corrected chi connectivity index (χ2v) is 5.77. The van der Waals surface area contributed by atoms with E-state index >= 15 is 0 Å². The predicted octanol–water partition coefficient (Wildman–Crippen LogP) is 2.49. The number of rotatable bonds is 1. The normalized spacial score (nSPS) is 17.9. The van der Waals surface area contributed by atoms with Gasteiger partial charge in [-0.2, -0.15) is 0 Å². The standard InChI is InChI=1S/C15H15BrN4O/c1-3-5-12(21)19-8-4-6-11(19)15-18-14(16)13-10(2)17-7-9-20(13)15/h7,9,11H,4,6,8H2,1-2H3/t11-/m0/s1. The Morgan fingerprint density at radius 2 is 2.33 bits per heavy atom. The first-order valence-corrected chi connectivity index (χ1v) is 7.65. The average Bonchev–Trinajstić information content (AvgIpc) is 3.04. The van der Waals surface area contributed by atoms with Crippen LogP contribution in [0.25, 0.3) is 5.52 Å². The first-order valence-electron chi connectivity index (χ1n) is 6.86. The Bertz CT molecular complexity index is 771.